The van der Waals surface area contributed by atoms with E-state index in [0.717, 1.165) is 75.9 Å². The molecule has 5 heterocycles. The zero-order valence-corrected chi connectivity index (χ0v) is 34.6. The van der Waals surface area contributed by atoms with E-state index < -0.39 is 0 Å². The smallest absolute Gasteiger partial charge is 0.180 e. The Labute approximate surface area is 348 Å². The van der Waals surface area contributed by atoms with Crippen LogP contribution in [0.25, 0.3) is 55.7 Å². The Kier molecular flexibility index (Phi) is 8.55. The van der Waals surface area contributed by atoms with Crippen LogP contribution in [0.2, 0.25) is 12.6 Å². The van der Waals surface area contributed by atoms with Crippen LogP contribution in [0.15, 0.2) is 131 Å². The van der Waals surface area contributed by atoms with Crippen LogP contribution >= 0.6 is 0 Å². The van der Waals surface area contributed by atoms with Crippen LogP contribution in [0.3, 0.4) is 0 Å². The third-order valence-electron chi connectivity index (χ3n) is 13.9. The van der Waals surface area contributed by atoms with Crippen molar-refractivity contribution in [3.05, 3.63) is 165 Å². The van der Waals surface area contributed by atoms with Gasteiger partial charge in [0.05, 0.1) is 0 Å². The number of rotatable bonds is 6. The first-order valence-corrected chi connectivity index (χ1v) is 21.7. The van der Waals surface area contributed by atoms with E-state index >= 15 is 0 Å². The summed E-state index contributed by atoms with van der Waals surface area (Å²) in [6, 6.07) is 20.1. The van der Waals surface area contributed by atoms with Crippen molar-refractivity contribution in [1.82, 2.24) is 9.97 Å². The van der Waals surface area contributed by atoms with Crippen molar-refractivity contribution in [3.8, 4) is 11.1 Å². The Morgan fingerprint density at radius 1 is 0.881 bits per heavy atom. The van der Waals surface area contributed by atoms with Gasteiger partial charge in [0.25, 0.3) is 0 Å². The maximum absolute atomic E-state index is 6.75. The van der Waals surface area contributed by atoms with Crippen LogP contribution in [-0.2, 0) is 20.3 Å². The summed E-state index contributed by atoms with van der Waals surface area (Å²) in [5.74, 6) is 4.93. The van der Waals surface area contributed by atoms with Crippen LogP contribution in [0, 0.1) is 0 Å². The second-order valence-electron chi connectivity index (χ2n) is 17.5. The highest BCUT2D eigenvalue weighted by Crippen LogP contribution is 2.61. The largest absolute Gasteiger partial charge is 0.489 e. The van der Waals surface area contributed by atoms with Gasteiger partial charge >= 0.3 is 0 Å². The van der Waals surface area contributed by atoms with E-state index in [1.807, 2.05) is 37.3 Å². The predicted molar refractivity (Wildman–Crippen MR) is 246 cm³/mol. The standard InChI is InChI=1S/C52H48B2N2O3/c1-4-5-12-32(28-53)50-55-47(49-48(56-50)35-13-7-8-16-44(35)59-49)31-20-24-57-45(25-31)33-17-18-43(58-30-33)34-14-11-15-40-46(34)37-27-42-36(26-41(37)51(40,2)3)38-29-54-23-19-39(38)52(42)21-9-6-10-22-52/h4-5,7-8,11-20,25-27,29,54H,6,9-10,21-24,28,30,53H2,1-3H3/b5-4-,32-12+. The molecule has 1 fully saturated rings. The third kappa shape index (κ3) is 5.53. The Balaban J connectivity index is 0.978. The quantitative estimate of drug-likeness (QED) is 0.127. The zero-order chi connectivity index (χ0) is 39.9. The van der Waals surface area contributed by atoms with Gasteiger partial charge in [0.2, 0.25) is 0 Å². The fourth-order valence-corrected chi connectivity index (χ4v) is 10.9. The molecule has 0 N–H and O–H groups in total. The van der Waals surface area contributed by atoms with Crippen LogP contribution in [0.5, 0.6) is 0 Å². The SMILES string of the molecule is BC/C(=C\C=C/C)c1nc(C2=CCOC(C3=CC=C(c4cccc5c4-c4cc6c(cc4C5(C)C)C4=CBCC=C4C64CCCCC4)OC3)=C2)c2oc3ccccc3c2n1. The van der Waals surface area contributed by atoms with Gasteiger partial charge in [-0.15, -0.1) is 5.98 Å². The van der Waals surface area contributed by atoms with Crippen LogP contribution in [-0.4, -0.2) is 38.3 Å². The molecule has 3 aromatic carbocycles. The number of aromatic nitrogens is 2. The summed E-state index contributed by atoms with van der Waals surface area (Å²) in [5.41, 5.74) is 19.0. The number of fused-ring (bicyclic) bond motifs is 11. The topological polar surface area (TPSA) is 57.4 Å². The average molecular weight is 771 g/mol. The summed E-state index contributed by atoms with van der Waals surface area (Å²) in [6.45, 7) is 7.65. The normalized spacial score (nSPS) is 20.0. The molecule has 0 amide bonds. The number of nitrogens with zero attached hydrogens (tertiary/aromatic N) is 2. The minimum Gasteiger partial charge on any atom is -0.489 e. The number of para-hydroxylation sites is 1. The van der Waals surface area contributed by atoms with Gasteiger partial charge in [0, 0.05) is 32.9 Å². The second kappa shape index (κ2) is 13.9. The summed E-state index contributed by atoms with van der Waals surface area (Å²) in [6.07, 6.45) is 25.7. The van der Waals surface area contributed by atoms with Gasteiger partial charge in [-0.05, 0) is 118 Å². The van der Waals surface area contributed by atoms with E-state index in [9.17, 15) is 0 Å². The van der Waals surface area contributed by atoms with Gasteiger partial charge in [0.1, 0.15) is 49.4 Å². The minimum atomic E-state index is -0.122. The van der Waals surface area contributed by atoms with E-state index in [0.29, 0.717) is 24.6 Å². The van der Waals surface area contributed by atoms with Crippen molar-refractivity contribution in [2.24, 2.45) is 0 Å². The van der Waals surface area contributed by atoms with Crippen molar-refractivity contribution >= 4 is 59.7 Å². The highest BCUT2D eigenvalue weighted by atomic mass is 16.5. The number of hydrogen-bond acceptors (Lipinski definition) is 5. The Morgan fingerprint density at radius 3 is 2.58 bits per heavy atom. The van der Waals surface area contributed by atoms with E-state index in [2.05, 4.69) is 101 Å². The number of allylic oxidation sites excluding steroid dienone is 11. The molecule has 11 rings (SSSR count). The molecule has 0 atom stereocenters. The maximum atomic E-state index is 6.75. The molecular weight excluding hydrogens is 722 g/mol. The molecule has 290 valence electrons. The molecule has 3 aliphatic heterocycles. The van der Waals surface area contributed by atoms with E-state index in [1.54, 1.807) is 11.1 Å². The molecular formula is C52H48B2N2O3. The zero-order valence-electron chi connectivity index (χ0n) is 34.6. The van der Waals surface area contributed by atoms with Crippen LogP contribution in [0.1, 0.15) is 92.2 Å². The molecule has 0 unspecified atom stereocenters. The second-order valence-corrected chi connectivity index (χ2v) is 17.5. The van der Waals surface area contributed by atoms with Crippen molar-refractivity contribution in [2.75, 3.05) is 13.2 Å². The molecule has 7 heteroatoms. The first-order valence-electron chi connectivity index (χ1n) is 21.7. The first kappa shape index (κ1) is 36.3. The monoisotopic (exact) mass is 770 g/mol. The third-order valence-corrected chi connectivity index (χ3v) is 13.9. The Bertz CT molecular complexity index is 2890. The first-order chi connectivity index (χ1) is 28.9. The van der Waals surface area contributed by atoms with Gasteiger partial charge in [-0.1, -0.05) is 100 Å². The summed E-state index contributed by atoms with van der Waals surface area (Å²) in [5, 5.41) is 0.982. The fourth-order valence-electron chi connectivity index (χ4n) is 10.9. The highest BCUT2D eigenvalue weighted by Gasteiger charge is 2.48. The maximum Gasteiger partial charge on any atom is 0.180 e. The van der Waals surface area contributed by atoms with E-state index in [-0.39, 0.29) is 10.8 Å². The Hall–Kier alpha value is -5.81. The van der Waals surface area contributed by atoms with Gasteiger partial charge in [-0.25, -0.2) is 9.97 Å². The summed E-state index contributed by atoms with van der Waals surface area (Å²) in [7, 11) is 3.28. The van der Waals surface area contributed by atoms with Crippen molar-refractivity contribution in [3.63, 3.8) is 0 Å². The van der Waals surface area contributed by atoms with Crippen LogP contribution in [0.4, 0.5) is 0 Å². The molecule has 59 heavy (non-hydrogen) atoms. The number of hydrogen-bond donors (Lipinski definition) is 0. The van der Waals surface area contributed by atoms with Crippen LogP contribution < -0.4 is 0 Å². The van der Waals surface area contributed by atoms with Gasteiger partial charge in [-0.2, -0.15) is 0 Å². The lowest BCUT2D eigenvalue weighted by Gasteiger charge is -2.37. The molecule has 0 bridgehead atoms. The lowest BCUT2D eigenvalue weighted by Crippen LogP contribution is -2.28. The van der Waals surface area contributed by atoms with Gasteiger partial charge in [0.15, 0.2) is 18.7 Å². The van der Waals surface area contributed by atoms with E-state index in [4.69, 9.17) is 23.9 Å². The molecule has 5 aromatic rings. The molecule has 3 aliphatic carbocycles. The molecule has 1 spiro atoms. The summed E-state index contributed by atoms with van der Waals surface area (Å²) < 4.78 is 19.5. The van der Waals surface area contributed by atoms with Gasteiger partial charge in [-0.3, -0.25) is 0 Å². The molecule has 5 nitrogen and oxygen atoms in total. The lowest BCUT2D eigenvalue weighted by molar-refractivity contribution is 0.233. The van der Waals surface area contributed by atoms with E-state index in [1.165, 1.54) is 65.5 Å². The molecule has 2 aromatic heterocycles. The Morgan fingerprint density at radius 2 is 1.75 bits per heavy atom. The van der Waals surface area contributed by atoms with Crippen molar-refractivity contribution in [1.29, 1.82) is 0 Å². The minimum absolute atomic E-state index is 0.122. The molecule has 6 aliphatic rings. The highest BCUT2D eigenvalue weighted by molar-refractivity contribution is 6.46. The molecule has 0 saturated heterocycles. The van der Waals surface area contributed by atoms with Crippen molar-refractivity contribution in [2.45, 2.75) is 76.3 Å². The number of benzene rings is 3. The number of ether oxygens (including phenoxy) is 2. The average Bonchev–Trinajstić information content (AvgIpc) is 3.87. The van der Waals surface area contributed by atoms with Crippen molar-refractivity contribution < 1.29 is 13.9 Å². The summed E-state index contributed by atoms with van der Waals surface area (Å²) in [4.78, 5) is 10.2. The summed E-state index contributed by atoms with van der Waals surface area (Å²) >= 11 is 0. The molecule has 0 radical (unpaired) electrons. The lowest BCUT2D eigenvalue weighted by atomic mass is 9.62. The van der Waals surface area contributed by atoms with Gasteiger partial charge < -0.3 is 13.9 Å². The fraction of sp³-hybridized carbons (Fsp3) is 0.269. The molecule has 1 saturated carbocycles. The number of furan rings is 1. The predicted octanol–water partition coefficient (Wildman–Crippen LogP) is 11.3.